The molecular weight excluding hydrogens is 336 g/mol. The Morgan fingerprint density at radius 2 is 1.78 bits per heavy atom. The summed E-state index contributed by atoms with van der Waals surface area (Å²) in [6, 6.07) is 1.90. The number of rotatable bonds is 3. The van der Waals surface area contributed by atoms with Gasteiger partial charge in [-0.1, -0.05) is 6.92 Å². The second kappa shape index (κ2) is 6.17. The van der Waals surface area contributed by atoms with E-state index >= 15 is 0 Å². The van der Waals surface area contributed by atoms with Crippen LogP contribution in [0.1, 0.15) is 65.2 Å². The van der Waals surface area contributed by atoms with Crippen molar-refractivity contribution in [3.63, 3.8) is 0 Å². The second-order valence-electron chi connectivity index (χ2n) is 10.5. The van der Waals surface area contributed by atoms with Gasteiger partial charge in [0.05, 0.1) is 12.1 Å². The smallest absolute Gasteiger partial charge is 0.157 e. The molecule has 1 aromatic rings. The molecule has 0 bridgehead atoms. The van der Waals surface area contributed by atoms with Crippen LogP contribution in [0.3, 0.4) is 0 Å². The van der Waals surface area contributed by atoms with Crippen molar-refractivity contribution in [3.8, 4) is 0 Å². The maximum atomic E-state index is 13.1. The summed E-state index contributed by atoms with van der Waals surface area (Å²) in [5.74, 6) is 4.10. The number of fused-ring (bicyclic) bond motifs is 5. The fraction of sp³-hybridized carbons (Fsp3) is 0.826. The summed E-state index contributed by atoms with van der Waals surface area (Å²) in [4.78, 5) is 13.1. The van der Waals surface area contributed by atoms with Crippen LogP contribution in [0.5, 0.6) is 0 Å². The Morgan fingerprint density at radius 1 is 1.04 bits per heavy atom. The molecule has 0 aromatic carbocycles. The van der Waals surface area contributed by atoms with Crippen molar-refractivity contribution in [2.45, 2.75) is 77.4 Å². The minimum atomic E-state index is -0.436. The lowest BCUT2D eigenvalue weighted by Gasteiger charge is -2.54. The maximum Gasteiger partial charge on any atom is 0.157 e. The van der Waals surface area contributed by atoms with Gasteiger partial charge in [0, 0.05) is 18.3 Å². The lowest BCUT2D eigenvalue weighted by atomic mass is 9.51. The fourth-order valence-electron chi connectivity index (χ4n) is 8.17. The molecule has 4 aliphatic rings. The van der Waals surface area contributed by atoms with E-state index in [4.69, 9.17) is 0 Å². The average Bonchev–Trinajstić information content (AvgIpc) is 3.32. The normalized spacial score (nSPS) is 48.7. The predicted molar refractivity (Wildman–Crippen MR) is 104 cm³/mol. The third kappa shape index (κ3) is 2.66. The first-order chi connectivity index (χ1) is 12.9. The van der Waals surface area contributed by atoms with Gasteiger partial charge >= 0.3 is 0 Å². The Bertz CT molecular complexity index is 712. The average molecular weight is 371 g/mol. The number of nitrogens with zero attached hydrogens (tertiary/aromatic N) is 2. The predicted octanol–water partition coefficient (Wildman–Crippen LogP) is 4.08. The zero-order valence-corrected chi connectivity index (χ0v) is 16.8. The highest BCUT2D eigenvalue weighted by atomic mass is 16.3. The number of aliphatic hydroxyl groups is 1. The summed E-state index contributed by atoms with van der Waals surface area (Å²) in [6.45, 7) is 4.93. The van der Waals surface area contributed by atoms with Crippen LogP contribution < -0.4 is 0 Å². The summed E-state index contributed by atoms with van der Waals surface area (Å²) >= 11 is 0. The van der Waals surface area contributed by atoms with Gasteiger partial charge in [-0.3, -0.25) is 9.48 Å². The van der Waals surface area contributed by atoms with Crippen molar-refractivity contribution < 1.29 is 9.90 Å². The van der Waals surface area contributed by atoms with Gasteiger partial charge in [-0.05, 0) is 99.4 Å². The van der Waals surface area contributed by atoms with Crippen molar-refractivity contribution in [3.05, 3.63) is 18.5 Å². The first-order valence-electron chi connectivity index (χ1n) is 11.1. The van der Waals surface area contributed by atoms with E-state index in [0.29, 0.717) is 24.2 Å². The van der Waals surface area contributed by atoms with E-state index in [-0.39, 0.29) is 11.3 Å². The third-order valence-electron chi connectivity index (χ3n) is 9.42. The van der Waals surface area contributed by atoms with Crippen LogP contribution in [0.25, 0.3) is 0 Å². The Labute approximate surface area is 162 Å². The third-order valence-corrected chi connectivity index (χ3v) is 9.42. The van der Waals surface area contributed by atoms with Crippen LogP contribution in [0.15, 0.2) is 18.5 Å². The monoisotopic (exact) mass is 370 g/mol. The van der Waals surface area contributed by atoms with Gasteiger partial charge in [0.15, 0.2) is 5.78 Å². The Balaban J connectivity index is 1.35. The number of Topliss-reactive ketones (excluding diaryl/α,β-unsaturated/α-hetero) is 1. The molecule has 0 spiro atoms. The van der Waals surface area contributed by atoms with Gasteiger partial charge in [0.25, 0.3) is 0 Å². The van der Waals surface area contributed by atoms with Crippen LogP contribution in [0.4, 0.5) is 0 Å². The molecule has 3 unspecified atom stereocenters. The number of aromatic nitrogens is 2. The summed E-state index contributed by atoms with van der Waals surface area (Å²) in [7, 11) is 0. The molecule has 4 aliphatic carbocycles. The quantitative estimate of drug-likeness (QED) is 0.872. The molecule has 0 saturated heterocycles. The maximum absolute atomic E-state index is 13.1. The van der Waals surface area contributed by atoms with Gasteiger partial charge < -0.3 is 5.11 Å². The molecule has 4 nitrogen and oxygen atoms in total. The van der Waals surface area contributed by atoms with Gasteiger partial charge in [-0.15, -0.1) is 0 Å². The number of carbonyl (C=O) groups is 1. The zero-order valence-electron chi connectivity index (χ0n) is 16.8. The molecule has 0 aliphatic heterocycles. The molecule has 1 N–H and O–H groups in total. The van der Waals surface area contributed by atoms with Crippen molar-refractivity contribution in [2.24, 2.45) is 40.9 Å². The van der Waals surface area contributed by atoms with Crippen LogP contribution in [0.2, 0.25) is 0 Å². The molecule has 4 fully saturated rings. The highest BCUT2D eigenvalue weighted by Gasteiger charge is 2.60. The largest absolute Gasteiger partial charge is 0.390 e. The number of hydrogen-bond donors (Lipinski definition) is 1. The van der Waals surface area contributed by atoms with Gasteiger partial charge in [-0.25, -0.2) is 0 Å². The van der Waals surface area contributed by atoms with E-state index in [1.165, 1.54) is 38.5 Å². The van der Waals surface area contributed by atoms with Gasteiger partial charge in [0.2, 0.25) is 0 Å². The number of hydrogen-bond acceptors (Lipinski definition) is 3. The highest BCUT2D eigenvalue weighted by molar-refractivity contribution is 5.82. The van der Waals surface area contributed by atoms with Crippen molar-refractivity contribution in [1.82, 2.24) is 9.78 Å². The van der Waals surface area contributed by atoms with Crippen LogP contribution >= 0.6 is 0 Å². The number of ketones is 1. The Kier molecular flexibility index (Phi) is 4.09. The van der Waals surface area contributed by atoms with Crippen LogP contribution in [-0.2, 0) is 11.3 Å². The zero-order chi connectivity index (χ0) is 18.8. The van der Waals surface area contributed by atoms with E-state index in [9.17, 15) is 9.90 Å². The summed E-state index contributed by atoms with van der Waals surface area (Å²) < 4.78 is 1.79. The van der Waals surface area contributed by atoms with Gasteiger partial charge in [-0.2, -0.15) is 5.10 Å². The van der Waals surface area contributed by atoms with Crippen molar-refractivity contribution in [2.75, 3.05) is 0 Å². The van der Waals surface area contributed by atoms with E-state index < -0.39 is 5.60 Å². The molecule has 8 atom stereocenters. The second-order valence-corrected chi connectivity index (χ2v) is 10.5. The number of carbonyl (C=O) groups excluding carboxylic acids is 1. The molecule has 4 saturated carbocycles. The highest BCUT2D eigenvalue weighted by Crippen LogP contribution is 2.65. The van der Waals surface area contributed by atoms with Crippen molar-refractivity contribution >= 4 is 5.78 Å². The van der Waals surface area contributed by atoms with Crippen LogP contribution in [0, 0.1) is 40.9 Å². The molecule has 4 heteroatoms. The molecule has 0 radical (unpaired) electrons. The molecule has 1 aromatic heterocycles. The molecule has 0 amide bonds. The fourth-order valence-corrected chi connectivity index (χ4v) is 8.17. The lowest BCUT2D eigenvalue weighted by molar-refractivity contribution is -0.131. The van der Waals surface area contributed by atoms with E-state index in [1.54, 1.807) is 10.9 Å². The molecule has 27 heavy (non-hydrogen) atoms. The van der Waals surface area contributed by atoms with E-state index in [1.807, 2.05) is 12.3 Å². The topological polar surface area (TPSA) is 55.1 Å². The Morgan fingerprint density at radius 3 is 2.56 bits per heavy atom. The summed E-state index contributed by atoms with van der Waals surface area (Å²) in [5, 5.41) is 15.0. The molecule has 148 valence electrons. The standard InChI is InChI=1S/C23H34N2O2/c1-22-10-8-15-16(4-5-19-17(15)9-11-23(19,2)27)18(22)6-7-20(22)21(26)14-25-13-3-12-24-25/h3,12-13,15-20,27H,4-11,14H2,1-2H3/t15?,16?,17-,18?,19+,20-,22+,23-/m1/s1. The van der Waals surface area contributed by atoms with Crippen molar-refractivity contribution in [1.29, 1.82) is 0 Å². The Hall–Kier alpha value is -1.16. The van der Waals surface area contributed by atoms with Crippen LogP contribution in [-0.4, -0.2) is 26.3 Å². The van der Waals surface area contributed by atoms with E-state index in [2.05, 4.69) is 18.9 Å². The van der Waals surface area contributed by atoms with E-state index in [0.717, 1.165) is 30.6 Å². The summed E-state index contributed by atoms with van der Waals surface area (Å²) in [5.41, 5.74) is -0.256. The minimum absolute atomic E-state index is 0.180. The molecule has 5 rings (SSSR count). The first kappa shape index (κ1) is 17.9. The molecular formula is C23H34N2O2. The minimum Gasteiger partial charge on any atom is -0.390 e. The molecule has 1 heterocycles. The first-order valence-corrected chi connectivity index (χ1v) is 11.1. The SMILES string of the molecule is C[C@]12CCC3C(CC[C@H]4[C@@H]3CC[C@@]4(C)O)C1CC[C@@H]2C(=O)Cn1cccn1. The lowest BCUT2D eigenvalue weighted by Crippen LogP contribution is -2.49. The summed E-state index contributed by atoms with van der Waals surface area (Å²) in [6.07, 6.45) is 13.1. The van der Waals surface area contributed by atoms with Gasteiger partial charge in [0.1, 0.15) is 0 Å².